The summed E-state index contributed by atoms with van der Waals surface area (Å²) >= 11 is 0. The van der Waals surface area contributed by atoms with Crippen molar-refractivity contribution in [3.05, 3.63) is 0 Å². The summed E-state index contributed by atoms with van der Waals surface area (Å²) in [6, 6.07) is 1.54. The molecule has 0 heterocycles. The average Bonchev–Trinajstić information content (AvgIpc) is 2.78. The fourth-order valence-corrected chi connectivity index (χ4v) is 3.75. The molecule has 2 saturated carbocycles. The molecule has 1 heteroatoms. The fraction of sp³-hybridized carbons (Fsp3) is 1.00. The van der Waals surface area contributed by atoms with Crippen LogP contribution in [0, 0.1) is 17.8 Å². The van der Waals surface area contributed by atoms with Gasteiger partial charge in [-0.2, -0.15) is 0 Å². The van der Waals surface area contributed by atoms with Crippen LogP contribution < -0.4 is 5.32 Å². The quantitative estimate of drug-likeness (QED) is 0.763. The van der Waals surface area contributed by atoms with Gasteiger partial charge in [0.05, 0.1) is 0 Å². The Morgan fingerprint density at radius 2 is 1.62 bits per heavy atom. The number of hydrogen-bond donors (Lipinski definition) is 1. The van der Waals surface area contributed by atoms with Crippen LogP contribution in [0.1, 0.15) is 65.7 Å². The van der Waals surface area contributed by atoms with E-state index in [-0.39, 0.29) is 0 Å². The molecule has 0 amide bonds. The van der Waals surface area contributed by atoms with Crippen LogP contribution in [-0.2, 0) is 0 Å². The van der Waals surface area contributed by atoms with Crippen LogP contribution in [0.4, 0.5) is 0 Å². The molecule has 1 N–H and O–H groups in total. The Morgan fingerprint density at radius 3 is 2.31 bits per heavy atom. The SMILES string of the molecule is CC1CCCC(N[C@@H](C)C2CCCC2)C1C. The maximum Gasteiger partial charge on any atom is 0.00978 e. The number of rotatable bonds is 3. The van der Waals surface area contributed by atoms with Crippen LogP contribution in [-0.4, -0.2) is 12.1 Å². The van der Waals surface area contributed by atoms with Crippen LogP contribution in [0.25, 0.3) is 0 Å². The highest BCUT2D eigenvalue weighted by Crippen LogP contribution is 2.32. The van der Waals surface area contributed by atoms with Crippen molar-refractivity contribution in [1.82, 2.24) is 5.32 Å². The summed E-state index contributed by atoms with van der Waals surface area (Å²) < 4.78 is 0. The van der Waals surface area contributed by atoms with Crippen molar-refractivity contribution in [3.8, 4) is 0 Å². The molecular weight excluding hydrogens is 194 g/mol. The summed E-state index contributed by atoms with van der Waals surface area (Å²) in [4.78, 5) is 0. The maximum atomic E-state index is 3.94. The molecule has 0 bridgehead atoms. The molecule has 2 fully saturated rings. The molecule has 3 unspecified atom stereocenters. The fourth-order valence-electron chi connectivity index (χ4n) is 3.75. The van der Waals surface area contributed by atoms with E-state index in [2.05, 4.69) is 26.1 Å². The smallest absolute Gasteiger partial charge is 0.00978 e. The third-order valence-electron chi connectivity index (χ3n) is 5.29. The minimum absolute atomic E-state index is 0.750. The van der Waals surface area contributed by atoms with Crippen molar-refractivity contribution in [2.45, 2.75) is 77.8 Å². The lowest BCUT2D eigenvalue weighted by Gasteiger charge is -2.37. The van der Waals surface area contributed by atoms with E-state index in [1.807, 2.05) is 0 Å². The Hall–Kier alpha value is -0.0400. The van der Waals surface area contributed by atoms with Gasteiger partial charge in [0.2, 0.25) is 0 Å². The molecule has 0 spiro atoms. The molecule has 0 aromatic rings. The van der Waals surface area contributed by atoms with E-state index in [0.29, 0.717) is 0 Å². The Bertz CT molecular complexity index is 207. The predicted molar refractivity (Wildman–Crippen MR) is 70.5 cm³/mol. The topological polar surface area (TPSA) is 12.0 Å². The van der Waals surface area contributed by atoms with Gasteiger partial charge in [0, 0.05) is 12.1 Å². The molecular formula is C15H29N. The summed E-state index contributed by atoms with van der Waals surface area (Å²) in [5.41, 5.74) is 0. The first-order valence-electron chi connectivity index (χ1n) is 7.44. The van der Waals surface area contributed by atoms with Gasteiger partial charge < -0.3 is 5.32 Å². The zero-order chi connectivity index (χ0) is 11.5. The second-order valence-corrected chi connectivity index (χ2v) is 6.37. The normalized spacial score (nSPS) is 38.8. The highest BCUT2D eigenvalue weighted by Gasteiger charge is 2.30. The Labute approximate surface area is 101 Å². The van der Waals surface area contributed by atoms with Gasteiger partial charge in [-0.15, -0.1) is 0 Å². The second-order valence-electron chi connectivity index (χ2n) is 6.37. The lowest BCUT2D eigenvalue weighted by atomic mass is 9.77. The lowest BCUT2D eigenvalue weighted by molar-refractivity contribution is 0.182. The summed E-state index contributed by atoms with van der Waals surface area (Å²) in [6.45, 7) is 7.30. The highest BCUT2D eigenvalue weighted by atomic mass is 15.0. The zero-order valence-electron chi connectivity index (χ0n) is 11.3. The Morgan fingerprint density at radius 1 is 0.938 bits per heavy atom. The predicted octanol–water partition coefficient (Wildman–Crippen LogP) is 3.98. The van der Waals surface area contributed by atoms with E-state index in [4.69, 9.17) is 0 Å². The third kappa shape index (κ3) is 2.80. The molecule has 94 valence electrons. The maximum absolute atomic E-state index is 3.94. The van der Waals surface area contributed by atoms with Gasteiger partial charge in [-0.3, -0.25) is 0 Å². The van der Waals surface area contributed by atoms with Crippen LogP contribution in [0.5, 0.6) is 0 Å². The lowest BCUT2D eigenvalue weighted by Crippen LogP contribution is -2.46. The molecule has 0 aliphatic heterocycles. The van der Waals surface area contributed by atoms with Gasteiger partial charge in [-0.05, 0) is 43.9 Å². The van der Waals surface area contributed by atoms with E-state index in [1.54, 1.807) is 0 Å². The van der Waals surface area contributed by atoms with Crippen molar-refractivity contribution in [3.63, 3.8) is 0 Å². The molecule has 2 aliphatic rings. The molecule has 0 aromatic heterocycles. The molecule has 16 heavy (non-hydrogen) atoms. The Kier molecular flexibility index (Phi) is 4.29. The van der Waals surface area contributed by atoms with Gasteiger partial charge in [-0.25, -0.2) is 0 Å². The van der Waals surface area contributed by atoms with Gasteiger partial charge in [0.15, 0.2) is 0 Å². The highest BCUT2D eigenvalue weighted by molar-refractivity contribution is 4.86. The average molecular weight is 223 g/mol. The zero-order valence-corrected chi connectivity index (χ0v) is 11.3. The summed E-state index contributed by atoms with van der Waals surface area (Å²) in [5.74, 6) is 2.75. The number of nitrogens with one attached hydrogen (secondary N) is 1. The molecule has 0 aromatic carbocycles. The van der Waals surface area contributed by atoms with Crippen LogP contribution >= 0.6 is 0 Å². The van der Waals surface area contributed by atoms with Gasteiger partial charge in [-0.1, -0.05) is 39.5 Å². The van der Waals surface area contributed by atoms with Crippen molar-refractivity contribution < 1.29 is 0 Å². The minimum Gasteiger partial charge on any atom is -0.311 e. The van der Waals surface area contributed by atoms with Crippen LogP contribution in [0.2, 0.25) is 0 Å². The van der Waals surface area contributed by atoms with E-state index >= 15 is 0 Å². The van der Waals surface area contributed by atoms with E-state index < -0.39 is 0 Å². The molecule has 0 saturated heterocycles. The van der Waals surface area contributed by atoms with E-state index in [0.717, 1.165) is 29.8 Å². The monoisotopic (exact) mass is 223 g/mol. The summed E-state index contributed by atoms with van der Waals surface area (Å²) in [6.07, 6.45) is 10.1. The molecule has 0 radical (unpaired) electrons. The van der Waals surface area contributed by atoms with Crippen LogP contribution in [0.15, 0.2) is 0 Å². The Balaban J connectivity index is 1.83. The summed E-state index contributed by atoms with van der Waals surface area (Å²) in [5, 5.41) is 3.94. The molecule has 2 rings (SSSR count). The molecule has 1 nitrogen and oxygen atoms in total. The van der Waals surface area contributed by atoms with Crippen LogP contribution in [0.3, 0.4) is 0 Å². The largest absolute Gasteiger partial charge is 0.311 e. The number of hydrogen-bond acceptors (Lipinski definition) is 1. The van der Waals surface area contributed by atoms with Gasteiger partial charge in [0.1, 0.15) is 0 Å². The third-order valence-corrected chi connectivity index (χ3v) is 5.29. The van der Waals surface area contributed by atoms with Gasteiger partial charge in [0.25, 0.3) is 0 Å². The standard InChI is InChI=1S/C15H29N/c1-11-7-6-10-15(12(11)2)16-13(3)14-8-4-5-9-14/h11-16H,4-10H2,1-3H3/t11?,12?,13-,15?/m0/s1. The summed E-state index contributed by atoms with van der Waals surface area (Å²) in [7, 11) is 0. The van der Waals surface area contributed by atoms with E-state index in [1.165, 1.54) is 44.9 Å². The van der Waals surface area contributed by atoms with Crippen molar-refractivity contribution >= 4 is 0 Å². The first-order valence-corrected chi connectivity index (χ1v) is 7.44. The second kappa shape index (κ2) is 5.53. The van der Waals surface area contributed by atoms with Gasteiger partial charge >= 0.3 is 0 Å². The minimum atomic E-state index is 0.750. The van der Waals surface area contributed by atoms with E-state index in [9.17, 15) is 0 Å². The van der Waals surface area contributed by atoms with Crippen molar-refractivity contribution in [2.24, 2.45) is 17.8 Å². The molecule has 2 aliphatic carbocycles. The first kappa shape index (κ1) is 12.4. The molecule has 4 atom stereocenters. The van der Waals surface area contributed by atoms with Crippen molar-refractivity contribution in [2.75, 3.05) is 0 Å². The van der Waals surface area contributed by atoms with Crippen molar-refractivity contribution in [1.29, 1.82) is 0 Å². The first-order chi connectivity index (χ1) is 7.68.